The topological polar surface area (TPSA) is 72.8 Å². The Hall–Kier alpha value is -3.60. The van der Waals surface area contributed by atoms with E-state index in [1.807, 2.05) is 42.5 Å². The van der Waals surface area contributed by atoms with Gasteiger partial charge in [0.2, 0.25) is 0 Å². The standard InChI is InChI=1S/C22H18O5/c1-26-22(25)17-11-9-15(10-12-17)13-18(21(23)24)14-27-20-8-4-6-16-5-2-3-7-19(16)20/h2-13H,14H2,1H3,(H,23,24)/b18-13-. The quantitative estimate of drug-likeness (QED) is 0.526. The lowest BCUT2D eigenvalue weighted by atomic mass is 10.1. The van der Waals surface area contributed by atoms with E-state index in [4.69, 9.17) is 4.74 Å². The van der Waals surface area contributed by atoms with E-state index in [-0.39, 0.29) is 12.2 Å². The molecule has 3 aromatic carbocycles. The average Bonchev–Trinajstić information content (AvgIpc) is 2.70. The summed E-state index contributed by atoms with van der Waals surface area (Å²) in [6.45, 7) is -0.0813. The fraction of sp³-hybridized carbons (Fsp3) is 0.0909. The van der Waals surface area contributed by atoms with E-state index in [1.54, 1.807) is 24.3 Å². The van der Waals surface area contributed by atoms with E-state index in [0.717, 1.165) is 10.8 Å². The van der Waals surface area contributed by atoms with Crippen LogP contribution in [-0.4, -0.2) is 30.8 Å². The van der Waals surface area contributed by atoms with E-state index in [9.17, 15) is 14.7 Å². The number of benzene rings is 3. The number of esters is 1. The molecule has 0 fully saturated rings. The van der Waals surface area contributed by atoms with Crippen molar-refractivity contribution in [1.29, 1.82) is 0 Å². The third-order valence-electron chi connectivity index (χ3n) is 4.08. The number of rotatable bonds is 6. The van der Waals surface area contributed by atoms with E-state index >= 15 is 0 Å². The zero-order valence-corrected chi connectivity index (χ0v) is 14.7. The molecular formula is C22H18O5. The third-order valence-corrected chi connectivity index (χ3v) is 4.08. The van der Waals surface area contributed by atoms with Gasteiger partial charge in [-0.25, -0.2) is 9.59 Å². The summed E-state index contributed by atoms with van der Waals surface area (Å²) in [6.07, 6.45) is 1.52. The van der Waals surface area contributed by atoms with Gasteiger partial charge in [-0.05, 0) is 35.2 Å². The molecular weight excluding hydrogens is 344 g/mol. The minimum atomic E-state index is -1.06. The Labute approximate surface area is 156 Å². The summed E-state index contributed by atoms with van der Waals surface area (Å²) < 4.78 is 10.4. The summed E-state index contributed by atoms with van der Waals surface area (Å²) in [5.74, 6) is -0.878. The highest BCUT2D eigenvalue weighted by Crippen LogP contribution is 2.25. The summed E-state index contributed by atoms with van der Waals surface area (Å²) in [5.41, 5.74) is 1.16. The van der Waals surface area contributed by atoms with Gasteiger partial charge in [0.1, 0.15) is 12.4 Å². The highest BCUT2D eigenvalue weighted by molar-refractivity contribution is 5.93. The van der Waals surface area contributed by atoms with Gasteiger partial charge in [0.05, 0.1) is 18.2 Å². The smallest absolute Gasteiger partial charge is 0.337 e. The van der Waals surface area contributed by atoms with E-state index in [2.05, 4.69) is 4.74 Å². The Morgan fingerprint density at radius 2 is 1.67 bits per heavy atom. The molecule has 5 nitrogen and oxygen atoms in total. The van der Waals surface area contributed by atoms with Gasteiger partial charge in [-0.3, -0.25) is 0 Å². The predicted octanol–water partition coefficient (Wildman–Crippen LogP) is 4.17. The first-order valence-corrected chi connectivity index (χ1v) is 8.31. The second kappa shape index (κ2) is 8.19. The van der Waals surface area contributed by atoms with Crippen molar-refractivity contribution in [2.45, 2.75) is 0 Å². The first kappa shape index (κ1) is 18.2. The van der Waals surface area contributed by atoms with Gasteiger partial charge in [0.25, 0.3) is 0 Å². The minimum Gasteiger partial charge on any atom is -0.488 e. The van der Waals surface area contributed by atoms with E-state index in [0.29, 0.717) is 16.9 Å². The van der Waals surface area contributed by atoms with Gasteiger partial charge >= 0.3 is 11.9 Å². The van der Waals surface area contributed by atoms with Crippen LogP contribution < -0.4 is 4.74 Å². The summed E-state index contributed by atoms with van der Waals surface area (Å²) in [5, 5.41) is 11.4. The molecule has 3 rings (SSSR count). The van der Waals surface area contributed by atoms with Crippen LogP contribution >= 0.6 is 0 Å². The van der Waals surface area contributed by atoms with Crippen molar-refractivity contribution in [3.8, 4) is 5.75 Å². The maximum atomic E-state index is 11.6. The van der Waals surface area contributed by atoms with Crippen molar-refractivity contribution in [2.75, 3.05) is 13.7 Å². The number of carbonyl (C=O) groups excluding carboxylic acids is 1. The van der Waals surface area contributed by atoms with Crippen LogP contribution in [-0.2, 0) is 9.53 Å². The molecule has 0 aliphatic rings. The molecule has 0 amide bonds. The molecule has 0 radical (unpaired) electrons. The second-order valence-electron chi connectivity index (χ2n) is 5.85. The van der Waals surface area contributed by atoms with Gasteiger partial charge in [-0.1, -0.05) is 48.5 Å². The number of carboxylic acid groups (broad SMARTS) is 1. The van der Waals surface area contributed by atoms with Crippen molar-refractivity contribution < 1.29 is 24.2 Å². The molecule has 0 aromatic heterocycles. The molecule has 0 saturated heterocycles. The van der Waals surface area contributed by atoms with Crippen molar-refractivity contribution in [1.82, 2.24) is 0 Å². The molecule has 3 aromatic rings. The lowest BCUT2D eigenvalue weighted by Gasteiger charge is -2.10. The number of hydrogen-bond acceptors (Lipinski definition) is 4. The molecule has 0 bridgehead atoms. The molecule has 0 aliphatic carbocycles. The van der Waals surface area contributed by atoms with Crippen LogP contribution in [0.25, 0.3) is 16.8 Å². The number of methoxy groups -OCH3 is 1. The normalized spacial score (nSPS) is 11.2. The largest absolute Gasteiger partial charge is 0.488 e. The van der Waals surface area contributed by atoms with Gasteiger partial charge in [-0.15, -0.1) is 0 Å². The molecule has 0 atom stereocenters. The van der Waals surface area contributed by atoms with Crippen molar-refractivity contribution in [3.63, 3.8) is 0 Å². The number of hydrogen-bond donors (Lipinski definition) is 1. The number of carboxylic acids is 1. The molecule has 0 aliphatic heterocycles. The molecule has 27 heavy (non-hydrogen) atoms. The van der Waals surface area contributed by atoms with Crippen LogP contribution in [0.1, 0.15) is 15.9 Å². The van der Waals surface area contributed by atoms with Crippen molar-refractivity contribution in [2.24, 2.45) is 0 Å². The highest BCUT2D eigenvalue weighted by atomic mass is 16.5. The minimum absolute atomic E-state index is 0.0813. The predicted molar refractivity (Wildman–Crippen MR) is 103 cm³/mol. The first-order valence-electron chi connectivity index (χ1n) is 8.31. The summed E-state index contributed by atoms with van der Waals surface area (Å²) in [4.78, 5) is 23.1. The van der Waals surface area contributed by atoms with Gasteiger partial charge < -0.3 is 14.6 Å². The Morgan fingerprint density at radius 1 is 0.963 bits per heavy atom. The molecule has 0 saturated carbocycles. The van der Waals surface area contributed by atoms with Gasteiger partial charge in [-0.2, -0.15) is 0 Å². The SMILES string of the molecule is COC(=O)c1ccc(/C=C(/COc2cccc3ccccc23)C(=O)O)cc1. The Bertz CT molecular complexity index is 997. The van der Waals surface area contributed by atoms with Crippen LogP contribution in [0.3, 0.4) is 0 Å². The molecule has 1 N–H and O–H groups in total. The first-order chi connectivity index (χ1) is 13.1. The van der Waals surface area contributed by atoms with Crippen molar-refractivity contribution >= 4 is 28.8 Å². The fourth-order valence-electron chi connectivity index (χ4n) is 2.68. The molecule has 0 heterocycles. The fourth-order valence-corrected chi connectivity index (χ4v) is 2.68. The van der Waals surface area contributed by atoms with Crippen molar-refractivity contribution in [3.05, 3.63) is 83.4 Å². The Morgan fingerprint density at radius 3 is 2.37 bits per heavy atom. The number of aliphatic carboxylic acids is 1. The van der Waals surface area contributed by atoms with Gasteiger partial charge in [0, 0.05) is 5.39 Å². The zero-order chi connectivity index (χ0) is 19.2. The maximum absolute atomic E-state index is 11.6. The molecule has 136 valence electrons. The van der Waals surface area contributed by atoms with E-state index in [1.165, 1.54) is 13.2 Å². The van der Waals surface area contributed by atoms with Crippen LogP contribution in [0.5, 0.6) is 5.75 Å². The highest BCUT2D eigenvalue weighted by Gasteiger charge is 2.11. The number of carbonyl (C=O) groups is 2. The van der Waals surface area contributed by atoms with Gasteiger partial charge in [0.15, 0.2) is 0 Å². The Balaban J connectivity index is 1.80. The third kappa shape index (κ3) is 4.33. The monoisotopic (exact) mass is 362 g/mol. The molecule has 5 heteroatoms. The van der Waals surface area contributed by atoms with Crippen LogP contribution in [0, 0.1) is 0 Å². The summed E-state index contributed by atoms with van der Waals surface area (Å²) >= 11 is 0. The van der Waals surface area contributed by atoms with Crippen LogP contribution in [0.15, 0.2) is 72.3 Å². The number of ether oxygens (including phenoxy) is 2. The van der Waals surface area contributed by atoms with Crippen LogP contribution in [0.4, 0.5) is 0 Å². The van der Waals surface area contributed by atoms with E-state index < -0.39 is 11.9 Å². The van der Waals surface area contributed by atoms with Crippen LogP contribution in [0.2, 0.25) is 0 Å². The molecule has 0 spiro atoms. The lowest BCUT2D eigenvalue weighted by Crippen LogP contribution is -2.10. The lowest BCUT2D eigenvalue weighted by molar-refractivity contribution is -0.132. The summed E-state index contributed by atoms with van der Waals surface area (Å²) in [6, 6.07) is 19.9. The zero-order valence-electron chi connectivity index (χ0n) is 14.7. The second-order valence-corrected chi connectivity index (χ2v) is 5.85. The molecule has 0 unspecified atom stereocenters. The number of fused-ring (bicyclic) bond motifs is 1. The maximum Gasteiger partial charge on any atom is 0.337 e. The summed E-state index contributed by atoms with van der Waals surface area (Å²) in [7, 11) is 1.31. The average molecular weight is 362 g/mol. The Kier molecular flexibility index (Phi) is 5.52.